The number of hydrogen-bond acceptors (Lipinski definition) is 3. The highest BCUT2D eigenvalue weighted by Crippen LogP contribution is 2.24. The summed E-state index contributed by atoms with van der Waals surface area (Å²) in [7, 11) is -2.03. The number of anilines is 1. The highest BCUT2D eigenvalue weighted by Gasteiger charge is 2.20. The van der Waals surface area contributed by atoms with Crippen molar-refractivity contribution in [2.45, 2.75) is 17.9 Å². The SMILES string of the molecule is CC(c1cccc(Cl)c1)N(C)C(=O)c1ccc(S(=O)(=O)Nc2ccccc2)cc1. The monoisotopic (exact) mass is 428 g/mol. The Labute approximate surface area is 176 Å². The van der Waals surface area contributed by atoms with Crippen LogP contribution < -0.4 is 4.72 Å². The second-order valence-electron chi connectivity index (χ2n) is 6.64. The smallest absolute Gasteiger partial charge is 0.261 e. The Morgan fingerprint density at radius 3 is 2.24 bits per heavy atom. The third-order valence-corrected chi connectivity index (χ3v) is 6.30. The summed E-state index contributed by atoms with van der Waals surface area (Å²) < 4.78 is 27.6. The lowest BCUT2D eigenvalue weighted by Gasteiger charge is -2.25. The summed E-state index contributed by atoms with van der Waals surface area (Å²) in [6.45, 7) is 1.91. The molecule has 0 aliphatic rings. The number of halogens is 1. The van der Waals surface area contributed by atoms with Crippen molar-refractivity contribution in [1.29, 1.82) is 0 Å². The van der Waals surface area contributed by atoms with Crippen LogP contribution in [0.15, 0.2) is 83.8 Å². The molecule has 1 atom stereocenters. The van der Waals surface area contributed by atoms with Gasteiger partial charge in [0.15, 0.2) is 0 Å². The van der Waals surface area contributed by atoms with E-state index in [1.807, 2.05) is 25.1 Å². The fourth-order valence-electron chi connectivity index (χ4n) is 2.87. The van der Waals surface area contributed by atoms with Crippen LogP contribution in [0.4, 0.5) is 5.69 Å². The number of rotatable bonds is 6. The van der Waals surface area contributed by atoms with E-state index in [1.54, 1.807) is 48.3 Å². The third-order valence-electron chi connectivity index (χ3n) is 4.67. The maximum atomic E-state index is 12.8. The maximum Gasteiger partial charge on any atom is 0.261 e. The second kappa shape index (κ2) is 8.68. The van der Waals surface area contributed by atoms with Gasteiger partial charge in [0.05, 0.1) is 10.9 Å². The lowest BCUT2D eigenvalue weighted by molar-refractivity contribution is 0.0742. The molecule has 1 unspecified atom stereocenters. The normalized spacial score (nSPS) is 12.2. The number of carbonyl (C=O) groups excluding carboxylic acids is 1. The zero-order chi connectivity index (χ0) is 21.0. The predicted molar refractivity (Wildman–Crippen MR) is 116 cm³/mol. The minimum Gasteiger partial charge on any atom is -0.335 e. The van der Waals surface area contributed by atoms with Crippen molar-refractivity contribution in [1.82, 2.24) is 4.90 Å². The van der Waals surface area contributed by atoms with Gasteiger partial charge in [0.2, 0.25) is 0 Å². The first-order valence-electron chi connectivity index (χ1n) is 8.98. The molecule has 0 spiro atoms. The van der Waals surface area contributed by atoms with E-state index in [9.17, 15) is 13.2 Å². The average Bonchev–Trinajstić information content (AvgIpc) is 2.72. The van der Waals surface area contributed by atoms with Gasteiger partial charge >= 0.3 is 0 Å². The van der Waals surface area contributed by atoms with Crippen LogP contribution in [0.3, 0.4) is 0 Å². The molecule has 0 aromatic heterocycles. The Morgan fingerprint density at radius 2 is 1.62 bits per heavy atom. The van der Waals surface area contributed by atoms with Crippen LogP contribution >= 0.6 is 11.6 Å². The average molecular weight is 429 g/mol. The first kappa shape index (κ1) is 20.9. The Balaban J connectivity index is 1.76. The first-order chi connectivity index (χ1) is 13.8. The summed E-state index contributed by atoms with van der Waals surface area (Å²) in [5, 5.41) is 0.607. The Morgan fingerprint density at radius 1 is 0.966 bits per heavy atom. The van der Waals surface area contributed by atoms with Gasteiger partial charge in [-0.25, -0.2) is 8.42 Å². The van der Waals surface area contributed by atoms with Crippen molar-refractivity contribution in [2.24, 2.45) is 0 Å². The van der Waals surface area contributed by atoms with E-state index in [0.717, 1.165) is 5.56 Å². The molecule has 1 amide bonds. The molecule has 0 saturated heterocycles. The van der Waals surface area contributed by atoms with E-state index >= 15 is 0 Å². The van der Waals surface area contributed by atoms with Crippen molar-refractivity contribution >= 4 is 33.2 Å². The molecule has 0 fully saturated rings. The van der Waals surface area contributed by atoms with Crippen LogP contribution in [0.1, 0.15) is 28.9 Å². The van der Waals surface area contributed by atoms with Crippen LogP contribution in [0.2, 0.25) is 5.02 Å². The van der Waals surface area contributed by atoms with Crippen molar-refractivity contribution in [2.75, 3.05) is 11.8 Å². The number of amides is 1. The summed E-state index contributed by atoms with van der Waals surface area (Å²) in [5.41, 5.74) is 1.79. The molecule has 3 rings (SSSR count). The van der Waals surface area contributed by atoms with Gasteiger partial charge in [0.1, 0.15) is 0 Å². The third kappa shape index (κ3) is 4.96. The molecular weight excluding hydrogens is 408 g/mol. The van der Waals surface area contributed by atoms with Crippen molar-refractivity contribution in [3.8, 4) is 0 Å². The topological polar surface area (TPSA) is 66.5 Å². The molecular formula is C22H21ClN2O3S. The van der Waals surface area contributed by atoms with Crippen molar-refractivity contribution in [3.63, 3.8) is 0 Å². The largest absolute Gasteiger partial charge is 0.335 e. The van der Waals surface area contributed by atoms with Gasteiger partial charge in [-0.15, -0.1) is 0 Å². The minimum absolute atomic E-state index is 0.0865. The summed E-state index contributed by atoms with van der Waals surface area (Å²) in [6, 6.07) is 21.7. The number of carbonyl (C=O) groups is 1. The molecule has 3 aromatic rings. The predicted octanol–water partition coefficient (Wildman–Crippen LogP) is 4.97. The number of benzene rings is 3. The maximum absolute atomic E-state index is 12.8. The van der Waals surface area contributed by atoms with E-state index < -0.39 is 10.0 Å². The number of nitrogens with zero attached hydrogens (tertiary/aromatic N) is 1. The van der Waals surface area contributed by atoms with Crippen molar-refractivity contribution in [3.05, 3.63) is 95.0 Å². The van der Waals surface area contributed by atoms with E-state index in [4.69, 9.17) is 11.6 Å². The standard InChI is InChI=1S/C22H21ClN2O3S/c1-16(18-7-6-8-19(23)15-18)25(2)22(26)17-11-13-21(14-12-17)29(27,28)24-20-9-4-3-5-10-20/h3-16,24H,1-2H3. The van der Waals surface area contributed by atoms with E-state index in [0.29, 0.717) is 16.3 Å². The van der Waals surface area contributed by atoms with Gasteiger partial charge in [-0.2, -0.15) is 0 Å². The molecule has 7 heteroatoms. The minimum atomic E-state index is -3.73. The molecule has 0 aliphatic carbocycles. The quantitative estimate of drug-likeness (QED) is 0.602. The Hall–Kier alpha value is -2.83. The van der Waals surface area contributed by atoms with Crippen LogP contribution in [-0.2, 0) is 10.0 Å². The van der Waals surface area contributed by atoms with Gasteiger partial charge in [0.25, 0.3) is 15.9 Å². The van der Waals surface area contributed by atoms with Gasteiger partial charge < -0.3 is 4.90 Å². The van der Waals surface area contributed by atoms with E-state index in [2.05, 4.69) is 4.72 Å². The molecule has 0 saturated carbocycles. The van der Waals surface area contributed by atoms with Gasteiger partial charge in [0, 0.05) is 23.3 Å². The molecule has 0 aliphatic heterocycles. The molecule has 29 heavy (non-hydrogen) atoms. The van der Waals surface area contributed by atoms with Gasteiger partial charge in [-0.05, 0) is 61.0 Å². The van der Waals surface area contributed by atoms with Crippen LogP contribution in [0.25, 0.3) is 0 Å². The van der Waals surface area contributed by atoms with E-state index in [-0.39, 0.29) is 16.8 Å². The fraction of sp³-hybridized carbons (Fsp3) is 0.136. The summed E-state index contributed by atoms with van der Waals surface area (Å²) in [4.78, 5) is 14.5. The number of sulfonamides is 1. The van der Waals surface area contributed by atoms with E-state index in [1.165, 1.54) is 24.3 Å². The second-order valence-corrected chi connectivity index (χ2v) is 8.76. The fourth-order valence-corrected chi connectivity index (χ4v) is 4.12. The summed E-state index contributed by atoms with van der Waals surface area (Å²) in [5.74, 6) is -0.211. The molecule has 1 N–H and O–H groups in total. The van der Waals surface area contributed by atoms with Crippen LogP contribution in [-0.4, -0.2) is 26.3 Å². The summed E-state index contributed by atoms with van der Waals surface area (Å²) in [6.07, 6.45) is 0. The van der Waals surface area contributed by atoms with Crippen LogP contribution in [0, 0.1) is 0 Å². The highest BCUT2D eigenvalue weighted by molar-refractivity contribution is 7.92. The molecule has 0 radical (unpaired) electrons. The lowest BCUT2D eigenvalue weighted by atomic mass is 10.1. The Bertz CT molecular complexity index is 1100. The van der Waals surface area contributed by atoms with Crippen molar-refractivity contribution < 1.29 is 13.2 Å². The van der Waals surface area contributed by atoms with Gasteiger partial charge in [-0.1, -0.05) is 41.9 Å². The Kier molecular flexibility index (Phi) is 6.25. The first-order valence-corrected chi connectivity index (χ1v) is 10.8. The number of nitrogens with one attached hydrogen (secondary N) is 1. The zero-order valence-electron chi connectivity index (χ0n) is 16.0. The highest BCUT2D eigenvalue weighted by atomic mass is 35.5. The van der Waals surface area contributed by atoms with Crippen LogP contribution in [0.5, 0.6) is 0 Å². The summed E-state index contributed by atoms with van der Waals surface area (Å²) >= 11 is 6.04. The molecule has 5 nitrogen and oxygen atoms in total. The molecule has 0 bridgehead atoms. The number of para-hydroxylation sites is 1. The lowest BCUT2D eigenvalue weighted by Crippen LogP contribution is -2.29. The molecule has 3 aromatic carbocycles. The molecule has 150 valence electrons. The van der Waals surface area contributed by atoms with Gasteiger partial charge in [-0.3, -0.25) is 9.52 Å². The molecule has 0 heterocycles. The number of hydrogen-bond donors (Lipinski definition) is 1. The zero-order valence-corrected chi connectivity index (χ0v) is 17.6.